The van der Waals surface area contributed by atoms with Gasteiger partial charge in [0.25, 0.3) is 0 Å². The van der Waals surface area contributed by atoms with Crippen molar-refractivity contribution >= 4 is 5.69 Å². The minimum Gasteiger partial charge on any atom is -0.365 e. The predicted molar refractivity (Wildman–Crippen MR) is 72.1 cm³/mol. The molecule has 3 atom stereocenters. The number of hydrogen-bond donors (Lipinski definition) is 1. The van der Waals surface area contributed by atoms with E-state index in [1.807, 2.05) is 13.1 Å². The molecule has 2 N–H and O–H groups in total. The van der Waals surface area contributed by atoms with E-state index in [0.29, 0.717) is 12.1 Å². The predicted octanol–water partition coefficient (Wildman–Crippen LogP) is 2.87. The first-order valence-electron chi connectivity index (χ1n) is 6.63. The molecule has 1 fully saturated rings. The van der Waals surface area contributed by atoms with Crippen molar-refractivity contribution in [1.82, 2.24) is 4.98 Å². The molecular weight excluding hydrogens is 210 g/mol. The normalized spacial score (nSPS) is 26.2. The number of pyridine rings is 1. The molecule has 2 heterocycles. The lowest BCUT2D eigenvalue weighted by molar-refractivity contribution is 0.626. The van der Waals surface area contributed by atoms with Crippen LogP contribution in [0.2, 0.25) is 0 Å². The first-order chi connectivity index (χ1) is 8.13. The van der Waals surface area contributed by atoms with Crippen LogP contribution in [0.5, 0.6) is 0 Å². The summed E-state index contributed by atoms with van der Waals surface area (Å²) in [6, 6.07) is 5.53. The van der Waals surface area contributed by atoms with E-state index >= 15 is 0 Å². The van der Waals surface area contributed by atoms with Crippen molar-refractivity contribution in [2.24, 2.45) is 5.73 Å². The number of nitrogens with zero attached hydrogens (tertiary/aromatic N) is 2. The smallest absolute Gasteiger partial charge is 0.0569 e. The quantitative estimate of drug-likeness (QED) is 0.873. The van der Waals surface area contributed by atoms with Crippen molar-refractivity contribution in [1.29, 1.82) is 0 Å². The van der Waals surface area contributed by atoms with Crippen LogP contribution in [0.1, 0.15) is 51.8 Å². The van der Waals surface area contributed by atoms with Crippen LogP contribution in [0.3, 0.4) is 0 Å². The van der Waals surface area contributed by atoms with Crippen LogP contribution < -0.4 is 10.6 Å². The van der Waals surface area contributed by atoms with Gasteiger partial charge in [-0.3, -0.25) is 4.98 Å². The highest BCUT2D eigenvalue weighted by atomic mass is 15.2. The highest BCUT2D eigenvalue weighted by Gasteiger charge is 2.29. The average Bonchev–Trinajstić information content (AvgIpc) is 2.70. The van der Waals surface area contributed by atoms with Gasteiger partial charge in [0, 0.05) is 18.1 Å². The minimum absolute atomic E-state index is 0.0158. The zero-order chi connectivity index (χ0) is 12.4. The zero-order valence-corrected chi connectivity index (χ0v) is 11.1. The van der Waals surface area contributed by atoms with E-state index in [-0.39, 0.29) is 6.04 Å². The Morgan fingerprint density at radius 1 is 1.47 bits per heavy atom. The van der Waals surface area contributed by atoms with Crippen LogP contribution >= 0.6 is 0 Å². The first-order valence-corrected chi connectivity index (χ1v) is 6.63. The molecule has 0 saturated carbocycles. The van der Waals surface area contributed by atoms with Gasteiger partial charge in [0.1, 0.15) is 0 Å². The SMILES string of the molecule is CCC1CCC(C)N1c1ccc(C(C)N)nc1. The molecule has 17 heavy (non-hydrogen) atoms. The molecule has 1 aliphatic heterocycles. The first kappa shape index (κ1) is 12.4. The molecule has 94 valence electrons. The van der Waals surface area contributed by atoms with Crippen molar-refractivity contribution in [2.75, 3.05) is 4.90 Å². The second kappa shape index (κ2) is 5.05. The van der Waals surface area contributed by atoms with Crippen LogP contribution in [0, 0.1) is 0 Å². The van der Waals surface area contributed by atoms with Crippen LogP contribution in [0.4, 0.5) is 5.69 Å². The third-order valence-electron chi connectivity index (χ3n) is 3.79. The highest BCUT2D eigenvalue weighted by Crippen LogP contribution is 2.31. The maximum atomic E-state index is 5.82. The summed E-state index contributed by atoms with van der Waals surface area (Å²) in [6.07, 6.45) is 5.77. The number of aromatic nitrogens is 1. The fourth-order valence-electron chi connectivity index (χ4n) is 2.76. The van der Waals surface area contributed by atoms with Crippen molar-refractivity contribution in [3.63, 3.8) is 0 Å². The summed E-state index contributed by atoms with van der Waals surface area (Å²) >= 11 is 0. The number of anilines is 1. The molecule has 3 unspecified atom stereocenters. The Bertz CT molecular complexity index is 358. The number of hydrogen-bond acceptors (Lipinski definition) is 3. The molecular formula is C14H23N3. The minimum atomic E-state index is 0.0158. The molecule has 3 heteroatoms. The lowest BCUT2D eigenvalue weighted by Crippen LogP contribution is -2.34. The molecule has 0 bridgehead atoms. The Labute approximate surface area is 104 Å². The maximum absolute atomic E-state index is 5.82. The Balaban J connectivity index is 2.21. The maximum Gasteiger partial charge on any atom is 0.0569 e. The molecule has 1 aromatic rings. The summed E-state index contributed by atoms with van der Waals surface area (Å²) in [5.41, 5.74) is 8.03. The monoisotopic (exact) mass is 233 g/mol. The number of nitrogens with two attached hydrogens (primary N) is 1. The van der Waals surface area contributed by atoms with Gasteiger partial charge < -0.3 is 10.6 Å². The van der Waals surface area contributed by atoms with Gasteiger partial charge in [-0.1, -0.05) is 6.92 Å². The van der Waals surface area contributed by atoms with Crippen LogP contribution in [-0.4, -0.2) is 17.1 Å². The molecule has 0 spiro atoms. The lowest BCUT2D eigenvalue weighted by Gasteiger charge is -2.30. The summed E-state index contributed by atoms with van der Waals surface area (Å²) in [5, 5.41) is 0. The highest BCUT2D eigenvalue weighted by molar-refractivity contribution is 5.48. The second-order valence-electron chi connectivity index (χ2n) is 5.13. The number of rotatable bonds is 3. The van der Waals surface area contributed by atoms with Gasteiger partial charge in [0.15, 0.2) is 0 Å². The van der Waals surface area contributed by atoms with E-state index in [0.717, 1.165) is 5.69 Å². The standard InChI is InChI=1S/C14H23N3/c1-4-12-6-5-10(2)17(12)13-7-8-14(11(3)15)16-9-13/h7-12H,4-6,15H2,1-3H3. The molecule has 1 aliphatic rings. The molecule has 0 aromatic carbocycles. The van der Waals surface area contributed by atoms with Crippen LogP contribution in [0.25, 0.3) is 0 Å². The van der Waals surface area contributed by atoms with Gasteiger partial charge >= 0.3 is 0 Å². The van der Waals surface area contributed by atoms with Gasteiger partial charge in [0.2, 0.25) is 0 Å². The molecule has 1 aromatic heterocycles. The summed E-state index contributed by atoms with van der Waals surface area (Å²) < 4.78 is 0. The van der Waals surface area contributed by atoms with E-state index < -0.39 is 0 Å². The van der Waals surface area contributed by atoms with E-state index in [9.17, 15) is 0 Å². The van der Waals surface area contributed by atoms with Crippen molar-refractivity contribution in [3.8, 4) is 0 Å². The van der Waals surface area contributed by atoms with Crippen molar-refractivity contribution in [2.45, 2.75) is 58.2 Å². The Kier molecular flexibility index (Phi) is 3.67. The average molecular weight is 233 g/mol. The third-order valence-corrected chi connectivity index (χ3v) is 3.79. The molecule has 2 rings (SSSR count). The van der Waals surface area contributed by atoms with E-state index in [2.05, 4.69) is 35.9 Å². The zero-order valence-electron chi connectivity index (χ0n) is 11.1. The van der Waals surface area contributed by atoms with Gasteiger partial charge in [-0.2, -0.15) is 0 Å². The van der Waals surface area contributed by atoms with Crippen molar-refractivity contribution < 1.29 is 0 Å². The molecule has 3 nitrogen and oxygen atoms in total. The lowest BCUT2D eigenvalue weighted by atomic mass is 10.1. The van der Waals surface area contributed by atoms with Gasteiger partial charge in [-0.05, 0) is 45.2 Å². The molecule has 0 radical (unpaired) electrons. The fourth-order valence-corrected chi connectivity index (χ4v) is 2.76. The van der Waals surface area contributed by atoms with Gasteiger partial charge in [0.05, 0.1) is 17.6 Å². The Morgan fingerprint density at radius 3 is 2.76 bits per heavy atom. The summed E-state index contributed by atoms with van der Waals surface area (Å²) in [6.45, 7) is 6.53. The van der Waals surface area contributed by atoms with E-state index in [1.54, 1.807) is 0 Å². The van der Waals surface area contributed by atoms with Gasteiger partial charge in [-0.25, -0.2) is 0 Å². The topological polar surface area (TPSA) is 42.1 Å². The second-order valence-corrected chi connectivity index (χ2v) is 5.13. The summed E-state index contributed by atoms with van der Waals surface area (Å²) in [4.78, 5) is 6.97. The van der Waals surface area contributed by atoms with Gasteiger partial charge in [-0.15, -0.1) is 0 Å². The van der Waals surface area contributed by atoms with Crippen molar-refractivity contribution in [3.05, 3.63) is 24.0 Å². The van der Waals surface area contributed by atoms with Crippen LogP contribution in [-0.2, 0) is 0 Å². The summed E-state index contributed by atoms with van der Waals surface area (Å²) in [5.74, 6) is 0. The fraction of sp³-hybridized carbons (Fsp3) is 0.643. The summed E-state index contributed by atoms with van der Waals surface area (Å²) in [7, 11) is 0. The Hall–Kier alpha value is -1.09. The van der Waals surface area contributed by atoms with Crippen LogP contribution in [0.15, 0.2) is 18.3 Å². The van der Waals surface area contributed by atoms with E-state index in [1.165, 1.54) is 24.9 Å². The molecule has 1 saturated heterocycles. The third kappa shape index (κ3) is 2.44. The van der Waals surface area contributed by atoms with E-state index in [4.69, 9.17) is 5.73 Å². The Morgan fingerprint density at radius 2 is 2.24 bits per heavy atom. The molecule has 0 aliphatic carbocycles. The largest absolute Gasteiger partial charge is 0.365 e. The molecule has 0 amide bonds.